The zero-order valence-electron chi connectivity index (χ0n) is 33.6. The summed E-state index contributed by atoms with van der Waals surface area (Å²) < 4.78 is 0. The first-order valence-corrected chi connectivity index (χ1v) is 20.5. The third-order valence-electron chi connectivity index (χ3n) is 9.09. The van der Waals surface area contributed by atoms with Crippen LogP contribution < -0.4 is 21.3 Å². The second-order valence-corrected chi connectivity index (χ2v) is 15.1. The Hall–Kier alpha value is -6.32. The second-order valence-electron chi connectivity index (χ2n) is 13.8. The SMILES string of the molecule is CC(=O)C(N=Nc1cccc(C(=O)Nc2ccc(CCl)cc2)c1Cl)C(=O)Nc1cc(C)c(NC(=O)C(N=Nc2cccc(C(=O)Nc3ccc(CCl)cc3)c2Cl)C(C)=O)cc1C. The normalized spacial score (nSPS) is 12.1. The lowest BCUT2D eigenvalue weighted by Crippen LogP contribution is -2.32. The molecule has 4 amide bonds. The Morgan fingerprint density at radius 1 is 0.532 bits per heavy atom. The number of anilines is 4. The fourth-order valence-corrected chi connectivity index (χ4v) is 6.52. The summed E-state index contributed by atoms with van der Waals surface area (Å²) in [6, 6.07) is 22.8. The predicted molar refractivity (Wildman–Crippen MR) is 242 cm³/mol. The monoisotopic (exact) mass is 914 g/mol. The summed E-state index contributed by atoms with van der Waals surface area (Å²) in [5, 5.41) is 26.8. The van der Waals surface area contributed by atoms with Gasteiger partial charge >= 0.3 is 0 Å². The number of ketones is 2. The molecule has 0 bridgehead atoms. The van der Waals surface area contributed by atoms with Crippen LogP contribution in [0.5, 0.6) is 0 Å². The van der Waals surface area contributed by atoms with E-state index in [2.05, 4.69) is 41.7 Å². The number of hydrogen-bond donors (Lipinski definition) is 4. The van der Waals surface area contributed by atoms with E-state index < -0.39 is 47.3 Å². The van der Waals surface area contributed by atoms with E-state index in [-0.39, 0.29) is 32.5 Å². The van der Waals surface area contributed by atoms with Crippen molar-refractivity contribution in [1.82, 2.24) is 0 Å². The highest BCUT2D eigenvalue weighted by Gasteiger charge is 2.27. The molecule has 318 valence electrons. The molecule has 0 fully saturated rings. The van der Waals surface area contributed by atoms with Crippen molar-refractivity contribution in [3.63, 3.8) is 0 Å². The van der Waals surface area contributed by atoms with Crippen LogP contribution in [0.1, 0.15) is 56.8 Å². The van der Waals surface area contributed by atoms with Crippen molar-refractivity contribution in [3.05, 3.63) is 140 Å². The van der Waals surface area contributed by atoms with Crippen LogP contribution in [-0.2, 0) is 30.9 Å². The first-order chi connectivity index (χ1) is 29.6. The summed E-state index contributed by atoms with van der Waals surface area (Å²) in [6.45, 7) is 5.66. The van der Waals surface area contributed by atoms with Crippen molar-refractivity contribution in [2.75, 3.05) is 21.3 Å². The van der Waals surface area contributed by atoms with E-state index in [0.717, 1.165) is 11.1 Å². The van der Waals surface area contributed by atoms with E-state index in [1.54, 1.807) is 74.5 Å². The number of carbonyl (C=O) groups is 6. The third kappa shape index (κ3) is 11.9. The number of benzene rings is 5. The third-order valence-corrected chi connectivity index (χ3v) is 10.5. The number of alkyl halides is 2. The highest BCUT2D eigenvalue weighted by Crippen LogP contribution is 2.32. The van der Waals surface area contributed by atoms with Gasteiger partial charge in [-0.25, -0.2) is 0 Å². The average Bonchev–Trinajstić information content (AvgIpc) is 3.24. The van der Waals surface area contributed by atoms with Gasteiger partial charge in [0.1, 0.15) is 11.4 Å². The number of Topliss-reactive ketones (excluding diaryl/α,β-unsaturated/α-hetero) is 2. The number of hydrogen-bond acceptors (Lipinski definition) is 10. The number of nitrogens with zero attached hydrogens (tertiary/aromatic N) is 4. The van der Waals surface area contributed by atoms with Crippen molar-refractivity contribution < 1.29 is 28.8 Å². The topological polar surface area (TPSA) is 200 Å². The lowest BCUT2D eigenvalue weighted by atomic mass is 10.1. The van der Waals surface area contributed by atoms with E-state index in [4.69, 9.17) is 46.4 Å². The zero-order valence-corrected chi connectivity index (χ0v) is 36.6. The maximum absolute atomic E-state index is 13.4. The van der Waals surface area contributed by atoms with Gasteiger partial charge in [-0.2, -0.15) is 20.5 Å². The van der Waals surface area contributed by atoms with Crippen LogP contribution >= 0.6 is 46.4 Å². The van der Waals surface area contributed by atoms with Crippen LogP contribution in [0, 0.1) is 13.8 Å². The Morgan fingerprint density at radius 3 is 1.21 bits per heavy atom. The first kappa shape index (κ1) is 46.7. The van der Waals surface area contributed by atoms with Crippen LogP contribution in [-0.4, -0.2) is 47.3 Å². The molecule has 0 saturated carbocycles. The molecule has 0 aliphatic rings. The number of carbonyl (C=O) groups excluding carboxylic acids is 6. The number of azo groups is 2. The van der Waals surface area contributed by atoms with Crippen molar-refractivity contribution in [1.29, 1.82) is 0 Å². The van der Waals surface area contributed by atoms with Gasteiger partial charge in [-0.1, -0.05) is 59.6 Å². The summed E-state index contributed by atoms with van der Waals surface area (Å²) in [5.74, 6) is -3.23. The smallest absolute Gasteiger partial charge is 0.258 e. The molecule has 62 heavy (non-hydrogen) atoms. The summed E-state index contributed by atoms with van der Waals surface area (Å²) in [4.78, 5) is 78.0. The molecule has 18 heteroatoms. The van der Waals surface area contributed by atoms with E-state index in [1.807, 2.05) is 0 Å². The molecule has 4 N–H and O–H groups in total. The van der Waals surface area contributed by atoms with Crippen LogP contribution in [0.3, 0.4) is 0 Å². The first-order valence-electron chi connectivity index (χ1n) is 18.6. The average molecular weight is 917 g/mol. The van der Waals surface area contributed by atoms with Gasteiger partial charge in [-0.05, 0) is 111 Å². The molecule has 0 spiro atoms. The van der Waals surface area contributed by atoms with E-state index in [0.29, 0.717) is 45.6 Å². The molecule has 5 rings (SSSR count). The zero-order chi connectivity index (χ0) is 45.1. The predicted octanol–water partition coefficient (Wildman–Crippen LogP) is 11.0. The Kier molecular flexibility index (Phi) is 16.2. The number of amides is 4. The maximum atomic E-state index is 13.4. The van der Waals surface area contributed by atoms with Crippen LogP contribution in [0.25, 0.3) is 0 Å². The molecule has 0 radical (unpaired) electrons. The van der Waals surface area contributed by atoms with Gasteiger partial charge in [-0.15, -0.1) is 23.2 Å². The standard InChI is InChI=1S/C44H38Cl4N8O6/c1-23-19-36(52-44(62)40(26(4)58)56-54-34-10-6-8-32(38(34)48)42(60)50-30-17-13-28(22-46)14-18-30)24(2)20-35(23)51-43(61)39(25(3)57)55-53-33-9-5-7-31(37(33)47)41(59)49-29-15-11-27(21-45)12-16-29/h5-20,39-40H,21-22H2,1-4H3,(H,49,59)(H,50,60)(H,51,61)(H,52,62). The van der Waals surface area contributed by atoms with Crippen LogP contribution in [0.4, 0.5) is 34.1 Å². The molecule has 0 saturated heterocycles. The summed E-state index contributed by atoms with van der Waals surface area (Å²) in [7, 11) is 0. The van der Waals surface area contributed by atoms with Gasteiger partial charge in [0.2, 0.25) is 12.1 Å². The van der Waals surface area contributed by atoms with Gasteiger partial charge < -0.3 is 21.3 Å². The van der Waals surface area contributed by atoms with E-state index >= 15 is 0 Å². The Balaban J connectivity index is 1.25. The molecule has 0 aliphatic carbocycles. The summed E-state index contributed by atoms with van der Waals surface area (Å²) >= 11 is 24.7. The fourth-order valence-electron chi connectivity index (χ4n) is 5.66. The van der Waals surface area contributed by atoms with Crippen LogP contribution in [0.2, 0.25) is 10.0 Å². The minimum Gasteiger partial charge on any atom is -0.324 e. The Bertz CT molecular complexity index is 2420. The highest BCUT2D eigenvalue weighted by molar-refractivity contribution is 6.37. The van der Waals surface area contributed by atoms with Gasteiger partial charge in [0.05, 0.1) is 21.2 Å². The van der Waals surface area contributed by atoms with Crippen LogP contribution in [0.15, 0.2) is 118 Å². The van der Waals surface area contributed by atoms with Crippen molar-refractivity contribution >= 4 is 116 Å². The molecule has 0 heterocycles. The number of halogens is 4. The minimum absolute atomic E-state index is 0.0461. The van der Waals surface area contributed by atoms with Crippen molar-refractivity contribution in [2.45, 2.75) is 51.5 Å². The van der Waals surface area contributed by atoms with Crippen molar-refractivity contribution in [2.24, 2.45) is 20.5 Å². The number of nitrogens with one attached hydrogen (secondary N) is 4. The summed E-state index contributed by atoms with van der Waals surface area (Å²) in [5.41, 5.74) is 4.64. The van der Waals surface area contributed by atoms with Gasteiger partial charge in [0, 0.05) is 34.5 Å². The Morgan fingerprint density at radius 2 is 0.887 bits per heavy atom. The lowest BCUT2D eigenvalue weighted by Gasteiger charge is -2.16. The second kappa shape index (κ2) is 21.5. The van der Waals surface area contributed by atoms with E-state index in [1.165, 1.54) is 50.2 Å². The van der Waals surface area contributed by atoms with E-state index in [9.17, 15) is 28.8 Å². The molecule has 14 nitrogen and oxygen atoms in total. The quantitative estimate of drug-likeness (QED) is 0.0431. The molecular formula is C44H38Cl4N8O6. The van der Waals surface area contributed by atoms with Gasteiger partial charge in [0.15, 0.2) is 11.6 Å². The molecule has 2 unspecified atom stereocenters. The maximum Gasteiger partial charge on any atom is 0.258 e. The number of aryl methyl sites for hydroxylation is 2. The molecular weight excluding hydrogens is 878 g/mol. The molecule has 5 aromatic carbocycles. The largest absolute Gasteiger partial charge is 0.324 e. The molecule has 2 atom stereocenters. The number of rotatable bonds is 16. The van der Waals surface area contributed by atoms with Crippen molar-refractivity contribution in [3.8, 4) is 0 Å². The lowest BCUT2D eigenvalue weighted by molar-refractivity contribution is -0.127. The Labute approximate surface area is 376 Å². The van der Waals surface area contributed by atoms with Gasteiger partial charge in [0.25, 0.3) is 23.6 Å². The molecule has 0 aliphatic heterocycles. The molecule has 5 aromatic rings. The fraction of sp³-hybridized carbons (Fsp3) is 0.182. The minimum atomic E-state index is -1.58. The summed E-state index contributed by atoms with van der Waals surface area (Å²) in [6.07, 6.45) is 0. The highest BCUT2D eigenvalue weighted by atomic mass is 35.5. The van der Waals surface area contributed by atoms with Gasteiger partial charge in [-0.3, -0.25) is 28.8 Å². The molecule has 0 aromatic heterocycles.